The molecule has 1 aromatic carbocycles. The number of aromatic nitrogens is 2. The van der Waals surface area contributed by atoms with Crippen LogP contribution in [0.1, 0.15) is 34.5 Å². The molecule has 0 spiro atoms. The molecule has 1 aliphatic rings. The molecule has 4 rings (SSSR count). The maximum Gasteiger partial charge on any atom is 0.253 e. The van der Waals surface area contributed by atoms with Gasteiger partial charge in [0.05, 0.1) is 12.7 Å². The fourth-order valence-corrected chi connectivity index (χ4v) is 3.88. The van der Waals surface area contributed by atoms with Crippen molar-refractivity contribution in [2.45, 2.75) is 32.4 Å². The zero-order chi connectivity index (χ0) is 20.2. The van der Waals surface area contributed by atoms with Gasteiger partial charge in [0.1, 0.15) is 5.75 Å². The van der Waals surface area contributed by atoms with Gasteiger partial charge in [-0.1, -0.05) is 24.3 Å². The van der Waals surface area contributed by atoms with Gasteiger partial charge in [0.15, 0.2) is 0 Å². The van der Waals surface area contributed by atoms with E-state index in [1.54, 1.807) is 30.1 Å². The fraction of sp³-hybridized carbons (Fsp3) is 0.261. The summed E-state index contributed by atoms with van der Waals surface area (Å²) in [7, 11) is 1.61. The summed E-state index contributed by atoms with van der Waals surface area (Å²) in [5.41, 5.74) is 3.59. The molecule has 0 aliphatic carbocycles. The number of hydrogen-bond acceptors (Lipinski definition) is 4. The van der Waals surface area contributed by atoms with Crippen molar-refractivity contribution in [1.82, 2.24) is 14.9 Å². The van der Waals surface area contributed by atoms with Crippen LogP contribution in [-0.4, -0.2) is 22.6 Å². The van der Waals surface area contributed by atoms with Crippen molar-refractivity contribution >= 4 is 5.91 Å². The molecule has 6 heteroatoms. The van der Waals surface area contributed by atoms with E-state index in [1.165, 1.54) is 0 Å². The lowest BCUT2D eigenvalue weighted by Gasteiger charge is -2.23. The van der Waals surface area contributed by atoms with Gasteiger partial charge in [-0.2, -0.15) is 0 Å². The first-order valence-electron chi connectivity index (χ1n) is 9.76. The molecular formula is C23H23N3O3. The second kappa shape index (κ2) is 8.31. The Morgan fingerprint density at radius 3 is 2.86 bits per heavy atom. The first-order chi connectivity index (χ1) is 14.2. The molecule has 3 heterocycles. The topological polar surface area (TPSA) is 73.2 Å². The molecule has 0 bridgehead atoms. The highest BCUT2D eigenvalue weighted by Crippen LogP contribution is 2.28. The van der Waals surface area contributed by atoms with Crippen molar-refractivity contribution in [2.75, 3.05) is 7.11 Å². The van der Waals surface area contributed by atoms with Gasteiger partial charge in [-0.15, -0.1) is 0 Å². The lowest BCUT2D eigenvalue weighted by Crippen LogP contribution is -2.33. The van der Waals surface area contributed by atoms with E-state index in [-0.39, 0.29) is 11.5 Å². The van der Waals surface area contributed by atoms with E-state index in [0.29, 0.717) is 30.6 Å². The average Bonchev–Trinajstić information content (AvgIpc) is 2.78. The molecule has 0 unspecified atom stereocenters. The Morgan fingerprint density at radius 2 is 2.07 bits per heavy atom. The summed E-state index contributed by atoms with van der Waals surface area (Å²) in [4.78, 5) is 30.2. The van der Waals surface area contributed by atoms with Gasteiger partial charge in [0.2, 0.25) is 0 Å². The van der Waals surface area contributed by atoms with Crippen molar-refractivity contribution in [1.29, 1.82) is 0 Å². The van der Waals surface area contributed by atoms with Crippen LogP contribution in [0, 0.1) is 0 Å². The van der Waals surface area contributed by atoms with Crippen LogP contribution in [0.4, 0.5) is 0 Å². The first-order valence-corrected chi connectivity index (χ1v) is 9.76. The smallest absolute Gasteiger partial charge is 0.253 e. The van der Waals surface area contributed by atoms with Gasteiger partial charge in [-0.05, 0) is 31.4 Å². The molecule has 0 atom stereocenters. The molecule has 1 N–H and O–H groups in total. The highest BCUT2D eigenvalue weighted by Gasteiger charge is 2.24. The summed E-state index contributed by atoms with van der Waals surface area (Å²) in [6, 6.07) is 12.8. The predicted octanol–water partition coefficient (Wildman–Crippen LogP) is 3.19. The lowest BCUT2D eigenvalue weighted by molar-refractivity contribution is 0.0949. The normalized spacial score (nSPS) is 12.9. The Morgan fingerprint density at radius 1 is 1.21 bits per heavy atom. The van der Waals surface area contributed by atoms with Crippen LogP contribution in [0.3, 0.4) is 0 Å². The van der Waals surface area contributed by atoms with Gasteiger partial charge in [-0.3, -0.25) is 14.6 Å². The van der Waals surface area contributed by atoms with Crippen LogP contribution in [0.25, 0.3) is 11.1 Å². The largest absolute Gasteiger partial charge is 0.496 e. The molecule has 0 fully saturated rings. The summed E-state index contributed by atoms with van der Waals surface area (Å²) < 4.78 is 7.12. The number of amides is 1. The number of carbonyl (C=O) groups excluding carboxylic acids is 1. The number of methoxy groups -OCH3 is 1. The van der Waals surface area contributed by atoms with Crippen LogP contribution in [0.2, 0.25) is 0 Å². The predicted molar refractivity (Wildman–Crippen MR) is 111 cm³/mol. The van der Waals surface area contributed by atoms with E-state index in [9.17, 15) is 9.59 Å². The Hall–Kier alpha value is -3.41. The first kappa shape index (κ1) is 18.9. The zero-order valence-electron chi connectivity index (χ0n) is 16.4. The molecule has 0 radical (unpaired) electrons. The van der Waals surface area contributed by atoms with E-state index in [1.807, 2.05) is 36.4 Å². The number of pyridine rings is 2. The summed E-state index contributed by atoms with van der Waals surface area (Å²) in [6.45, 7) is 0.988. The average molecular weight is 389 g/mol. The van der Waals surface area contributed by atoms with Gasteiger partial charge >= 0.3 is 0 Å². The summed E-state index contributed by atoms with van der Waals surface area (Å²) >= 11 is 0. The maximum atomic E-state index is 13.3. The monoisotopic (exact) mass is 389 g/mol. The van der Waals surface area contributed by atoms with Crippen molar-refractivity contribution in [3.8, 4) is 16.9 Å². The number of hydrogen-bond donors (Lipinski definition) is 1. The molecule has 148 valence electrons. The number of carbonyl (C=O) groups is 1. The van der Waals surface area contributed by atoms with E-state index < -0.39 is 0 Å². The Kier molecular flexibility index (Phi) is 5.42. The third-order valence-electron chi connectivity index (χ3n) is 5.29. The third-order valence-corrected chi connectivity index (χ3v) is 5.29. The second-order valence-electron chi connectivity index (χ2n) is 7.06. The van der Waals surface area contributed by atoms with E-state index in [2.05, 4.69) is 10.3 Å². The summed E-state index contributed by atoms with van der Waals surface area (Å²) in [5, 5.41) is 3.01. The van der Waals surface area contributed by atoms with Gasteiger partial charge < -0.3 is 14.6 Å². The molecular weight excluding hydrogens is 366 g/mol. The SMILES string of the molecule is COc1ccccc1CNC(=O)c1c(-c2cccnc2)cc(=O)n2c1CCCC2. The third kappa shape index (κ3) is 3.78. The van der Waals surface area contributed by atoms with Crippen molar-refractivity contribution in [3.05, 3.63) is 82.0 Å². The van der Waals surface area contributed by atoms with Crippen molar-refractivity contribution < 1.29 is 9.53 Å². The van der Waals surface area contributed by atoms with Crippen molar-refractivity contribution in [3.63, 3.8) is 0 Å². The van der Waals surface area contributed by atoms with Gasteiger partial charge in [-0.25, -0.2) is 0 Å². The molecule has 0 saturated heterocycles. The van der Waals surface area contributed by atoms with Crippen LogP contribution in [0.5, 0.6) is 5.75 Å². The number of benzene rings is 1. The number of rotatable bonds is 5. The number of para-hydroxylation sites is 1. The molecule has 1 amide bonds. The summed E-state index contributed by atoms with van der Waals surface area (Å²) in [6.07, 6.45) is 5.98. The standard InChI is InChI=1S/C23H23N3O3/c1-29-20-10-3-2-7-17(20)15-25-23(28)22-18(16-8-6-11-24-14-16)13-21(27)26-12-5-4-9-19(22)26/h2-3,6-8,10-11,13-14H,4-5,9,12,15H2,1H3,(H,25,28). The maximum absolute atomic E-state index is 13.3. The Balaban J connectivity index is 1.75. The highest BCUT2D eigenvalue weighted by molar-refractivity contribution is 6.01. The second-order valence-corrected chi connectivity index (χ2v) is 7.06. The molecule has 2 aromatic heterocycles. The zero-order valence-corrected chi connectivity index (χ0v) is 16.4. The van der Waals surface area contributed by atoms with Crippen LogP contribution in [0.15, 0.2) is 59.7 Å². The molecule has 3 aromatic rings. The minimum absolute atomic E-state index is 0.0696. The van der Waals surface area contributed by atoms with Crippen LogP contribution < -0.4 is 15.6 Å². The van der Waals surface area contributed by atoms with Crippen molar-refractivity contribution in [2.24, 2.45) is 0 Å². The van der Waals surface area contributed by atoms with Crippen LogP contribution in [-0.2, 0) is 19.5 Å². The van der Waals surface area contributed by atoms with E-state index >= 15 is 0 Å². The number of ether oxygens (including phenoxy) is 1. The molecule has 1 aliphatic heterocycles. The fourth-order valence-electron chi connectivity index (χ4n) is 3.88. The van der Waals surface area contributed by atoms with E-state index in [4.69, 9.17) is 4.74 Å². The Bertz CT molecular complexity index is 1090. The number of nitrogens with zero attached hydrogens (tertiary/aromatic N) is 2. The highest BCUT2D eigenvalue weighted by atomic mass is 16.5. The Labute approximate surface area is 169 Å². The molecule has 29 heavy (non-hydrogen) atoms. The summed E-state index contributed by atoms with van der Waals surface area (Å²) in [5.74, 6) is 0.534. The van der Waals surface area contributed by atoms with Gasteiger partial charge in [0.25, 0.3) is 11.5 Å². The quantitative estimate of drug-likeness (QED) is 0.727. The van der Waals surface area contributed by atoms with Crippen LogP contribution >= 0.6 is 0 Å². The minimum atomic E-state index is -0.194. The van der Waals surface area contributed by atoms with E-state index in [0.717, 1.165) is 35.4 Å². The minimum Gasteiger partial charge on any atom is -0.496 e. The van der Waals surface area contributed by atoms with Gasteiger partial charge in [0, 0.05) is 53.9 Å². The molecule has 6 nitrogen and oxygen atoms in total. The lowest BCUT2D eigenvalue weighted by atomic mass is 9.94. The number of fused-ring (bicyclic) bond motifs is 1. The number of nitrogens with one attached hydrogen (secondary N) is 1. The molecule has 0 saturated carbocycles.